The standard InChI is InChI=1S/C16H25BO2/c1-11(2)14-10-13(9-8-12(14)3)17-18-15(4,5)16(6,7)19-17/h8-11H,1-7H3. The summed E-state index contributed by atoms with van der Waals surface area (Å²) in [4.78, 5) is 0. The molecule has 0 unspecified atom stereocenters. The summed E-state index contributed by atoms with van der Waals surface area (Å²) in [5.74, 6) is 0.516. The highest BCUT2D eigenvalue weighted by Crippen LogP contribution is 2.36. The summed E-state index contributed by atoms with van der Waals surface area (Å²) in [6.45, 7) is 14.9. The molecule has 1 heterocycles. The van der Waals surface area contributed by atoms with Crippen LogP contribution in [-0.2, 0) is 9.31 Å². The first-order valence-electron chi connectivity index (χ1n) is 7.10. The van der Waals surface area contributed by atoms with E-state index in [2.05, 4.69) is 66.7 Å². The molecule has 1 aliphatic rings. The minimum Gasteiger partial charge on any atom is -0.399 e. The third kappa shape index (κ3) is 2.59. The Balaban J connectivity index is 2.32. The summed E-state index contributed by atoms with van der Waals surface area (Å²) in [7, 11) is -0.261. The molecule has 0 spiro atoms. The second kappa shape index (κ2) is 4.64. The van der Waals surface area contributed by atoms with Crippen LogP contribution >= 0.6 is 0 Å². The van der Waals surface area contributed by atoms with Crippen molar-refractivity contribution in [3.05, 3.63) is 29.3 Å². The molecule has 0 aliphatic carbocycles. The fourth-order valence-corrected chi connectivity index (χ4v) is 2.41. The van der Waals surface area contributed by atoms with E-state index in [-0.39, 0.29) is 18.3 Å². The quantitative estimate of drug-likeness (QED) is 0.758. The van der Waals surface area contributed by atoms with Gasteiger partial charge in [-0.15, -0.1) is 0 Å². The smallest absolute Gasteiger partial charge is 0.399 e. The molecule has 1 aromatic carbocycles. The average Bonchev–Trinajstić information content (AvgIpc) is 2.48. The van der Waals surface area contributed by atoms with Crippen LogP contribution < -0.4 is 5.46 Å². The number of aryl methyl sites for hydroxylation is 1. The van der Waals surface area contributed by atoms with Crippen molar-refractivity contribution in [3.8, 4) is 0 Å². The van der Waals surface area contributed by atoms with Crippen LogP contribution in [-0.4, -0.2) is 18.3 Å². The monoisotopic (exact) mass is 260 g/mol. The van der Waals surface area contributed by atoms with Gasteiger partial charge in [-0.1, -0.05) is 32.0 Å². The van der Waals surface area contributed by atoms with Crippen molar-refractivity contribution < 1.29 is 9.31 Å². The highest BCUT2D eigenvalue weighted by molar-refractivity contribution is 6.62. The highest BCUT2D eigenvalue weighted by atomic mass is 16.7. The first kappa shape index (κ1) is 14.6. The lowest BCUT2D eigenvalue weighted by Crippen LogP contribution is -2.41. The Morgan fingerprint density at radius 3 is 2.00 bits per heavy atom. The Morgan fingerprint density at radius 2 is 1.53 bits per heavy atom. The molecule has 104 valence electrons. The average molecular weight is 260 g/mol. The number of benzene rings is 1. The van der Waals surface area contributed by atoms with Crippen molar-refractivity contribution >= 4 is 12.6 Å². The maximum atomic E-state index is 6.10. The van der Waals surface area contributed by atoms with Gasteiger partial charge in [0.15, 0.2) is 0 Å². The molecule has 0 amide bonds. The Bertz CT molecular complexity index is 462. The van der Waals surface area contributed by atoms with Crippen LogP contribution in [0.4, 0.5) is 0 Å². The number of hydrogen-bond acceptors (Lipinski definition) is 2. The maximum absolute atomic E-state index is 6.10. The lowest BCUT2D eigenvalue weighted by molar-refractivity contribution is 0.00578. The molecule has 2 nitrogen and oxygen atoms in total. The number of rotatable bonds is 2. The fraction of sp³-hybridized carbons (Fsp3) is 0.625. The van der Waals surface area contributed by atoms with Crippen molar-refractivity contribution in [2.75, 3.05) is 0 Å². The Labute approximate surface area is 117 Å². The summed E-state index contributed by atoms with van der Waals surface area (Å²) < 4.78 is 12.2. The minimum atomic E-state index is -0.277. The van der Waals surface area contributed by atoms with Gasteiger partial charge in [0.1, 0.15) is 0 Å². The summed E-state index contributed by atoms with van der Waals surface area (Å²) in [6, 6.07) is 6.50. The zero-order valence-corrected chi connectivity index (χ0v) is 13.2. The SMILES string of the molecule is Cc1ccc(B2OC(C)(C)C(C)(C)O2)cc1C(C)C. The van der Waals surface area contributed by atoms with Crippen LogP contribution in [0.15, 0.2) is 18.2 Å². The first-order chi connectivity index (χ1) is 8.64. The van der Waals surface area contributed by atoms with E-state index in [4.69, 9.17) is 9.31 Å². The van der Waals surface area contributed by atoms with Gasteiger partial charge in [-0.3, -0.25) is 0 Å². The molecule has 1 aromatic rings. The predicted octanol–water partition coefficient (Wildman–Crippen LogP) is 3.42. The predicted molar refractivity (Wildman–Crippen MR) is 81.0 cm³/mol. The summed E-state index contributed by atoms with van der Waals surface area (Å²) in [5, 5.41) is 0. The van der Waals surface area contributed by atoms with Gasteiger partial charge in [0.25, 0.3) is 0 Å². The van der Waals surface area contributed by atoms with Crippen LogP contribution in [0, 0.1) is 6.92 Å². The zero-order valence-electron chi connectivity index (χ0n) is 13.2. The van der Waals surface area contributed by atoms with E-state index in [9.17, 15) is 0 Å². The van der Waals surface area contributed by atoms with E-state index >= 15 is 0 Å². The van der Waals surface area contributed by atoms with Gasteiger partial charge >= 0.3 is 7.12 Å². The van der Waals surface area contributed by atoms with E-state index in [1.54, 1.807) is 0 Å². The maximum Gasteiger partial charge on any atom is 0.494 e. The Hall–Kier alpha value is -0.795. The first-order valence-corrected chi connectivity index (χ1v) is 7.10. The van der Waals surface area contributed by atoms with Crippen molar-refractivity contribution in [1.29, 1.82) is 0 Å². The fourth-order valence-electron chi connectivity index (χ4n) is 2.41. The molecule has 1 saturated heterocycles. The van der Waals surface area contributed by atoms with Gasteiger partial charge in [0.05, 0.1) is 11.2 Å². The van der Waals surface area contributed by atoms with Crippen LogP contribution in [0.2, 0.25) is 0 Å². The molecule has 1 aliphatic heterocycles. The van der Waals surface area contributed by atoms with Crippen molar-refractivity contribution in [1.82, 2.24) is 0 Å². The largest absolute Gasteiger partial charge is 0.494 e. The third-order valence-corrected chi connectivity index (χ3v) is 4.45. The molecule has 0 saturated carbocycles. The van der Waals surface area contributed by atoms with Gasteiger partial charge in [-0.05, 0) is 57.1 Å². The Morgan fingerprint density at radius 1 is 1.00 bits per heavy atom. The molecule has 2 rings (SSSR count). The van der Waals surface area contributed by atoms with Gasteiger partial charge in [-0.25, -0.2) is 0 Å². The molecular weight excluding hydrogens is 235 g/mol. The van der Waals surface area contributed by atoms with E-state index in [0.717, 1.165) is 5.46 Å². The summed E-state index contributed by atoms with van der Waals surface area (Å²) >= 11 is 0. The topological polar surface area (TPSA) is 18.5 Å². The van der Waals surface area contributed by atoms with Crippen molar-refractivity contribution in [2.24, 2.45) is 0 Å². The third-order valence-electron chi connectivity index (χ3n) is 4.45. The second-order valence-corrected chi connectivity index (χ2v) is 6.86. The van der Waals surface area contributed by atoms with E-state index in [0.29, 0.717) is 5.92 Å². The zero-order chi connectivity index (χ0) is 14.4. The molecule has 0 atom stereocenters. The van der Waals surface area contributed by atoms with Crippen LogP contribution in [0.3, 0.4) is 0 Å². The lowest BCUT2D eigenvalue weighted by Gasteiger charge is -2.32. The normalized spacial score (nSPS) is 21.2. The summed E-state index contributed by atoms with van der Waals surface area (Å²) in [6.07, 6.45) is 0. The summed E-state index contributed by atoms with van der Waals surface area (Å²) in [5.41, 5.74) is 3.26. The number of hydrogen-bond donors (Lipinski definition) is 0. The molecule has 0 N–H and O–H groups in total. The van der Waals surface area contributed by atoms with Gasteiger partial charge < -0.3 is 9.31 Å². The van der Waals surface area contributed by atoms with E-state index < -0.39 is 0 Å². The van der Waals surface area contributed by atoms with Gasteiger partial charge in [-0.2, -0.15) is 0 Å². The highest BCUT2D eigenvalue weighted by Gasteiger charge is 2.51. The van der Waals surface area contributed by atoms with Crippen molar-refractivity contribution in [2.45, 2.75) is 65.6 Å². The lowest BCUT2D eigenvalue weighted by atomic mass is 9.76. The Kier molecular flexibility index (Phi) is 3.57. The second-order valence-electron chi connectivity index (χ2n) is 6.86. The van der Waals surface area contributed by atoms with E-state index in [1.807, 2.05) is 0 Å². The minimum absolute atomic E-state index is 0.261. The molecule has 1 fully saturated rings. The van der Waals surface area contributed by atoms with Crippen LogP contribution in [0.25, 0.3) is 0 Å². The molecule has 0 bridgehead atoms. The molecule has 3 heteroatoms. The molecular formula is C16H25BO2. The van der Waals surface area contributed by atoms with E-state index in [1.165, 1.54) is 11.1 Å². The van der Waals surface area contributed by atoms with Gasteiger partial charge in [0.2, 0.25) is 0 Å². The van der Waals surface area contributed by atoms with Crippen LogP contribution in [0.5, 0.6) is 0 Å². The van der Waals surface area contributed by atoms with Crippen molar-refractivity contribution in [3.63, 3.8) is 0 Å². The molecule has 19 heavy (non-hydrogen) atoms. The van der Waals surface area contributed by atoms with Gasteiger partial charge in [0, 0.05) is 0 Å². The van der Waals surface area contributed by atoms with Crippen LogP contribution in [0.1, 0.15) is 58.6 Å². The molecule has 0 aromatic heterocycles. The molecule has 0 radical (unpaired) electrons.